The SMILES string of the molecule is CCc1csc2c1CCN(C(=O)c1cn(CC)c3ccccc13)C2Cc1ccc(OC)c(OC)c1. The van der Waals surface area contributed by atoms with Crippen LogP contribution in [-0.4, -0.2) is 36.1 Å². The molecule has 4 aromatic rings. The molecule has 2 aromatic carbocycles. The minimum absolute atomic E-state index is 0.0154. The second-order valence-electron chi connectivity index (χ2n) is 8.96. The van der Waals surface area contributed by atoms with Gasteiger partial charge in [-0.25, -0.2) is 0 Å². The zero-order valence-corrected chi connectivity index (χ0v) is 21.7. The topological polar surface area (TPSA) is 43.7 Å². The molecule has 6 heteroatoms. The molecule has 0 radical (unpaired) electrons. The van der Waals surface area contributed by atoms with Gasteiger partial charge in [-0.2, -0.15) is 0 Å². The fourth-order valence-corrected chi connectivity index (χ4v) is 6.66. The number of methoxy groups -OCH3 is 2. The molecule has 0 bridgehead atoms. The predicted molar refractivity (Wildman–Crippen MR) is 142 cm³/mol. The molecule has 1 atom stereocenters. The number of para-hydroxylation sites is 1. The fraction of sp³-hybridized carbons (Fsp3) is 0.345. The molecule has 35 heavy (non-hydrogen) atoms. The number of hydrogen-bond acceptors (Lipinski definition) is 4. The van der Waals surface area contributed by atoms with E-state index in [1.54, 1.807) is 25.6 Å². The quantitative estimate of drug-likeness (QED) is 0.307. The van der Waals surface area contributed by atoms with E-state index in [1.807, 2.05) is 30.5 Å². The first-order valence-electron chi connectivity index (χ1n) is 12.3. The van der Waals surface area contributed by atoms with Crippen molar-refractivity contribution in [3.63, 3.8) is 0 Å². The summed E-state index contributed by atoms with van der Waals surface area (Å²) in [5.74, 6) is 1.53. The van der Waals surface area contributed by atoms with Gasteiger partial charge in [0.05, 0.1) is 25.8 Å². The Hall–Kier alpha value is -3.25. The van der Waals surface area contributed by atoms with E-state index in [2.05, 4.69) is 46.9 Å². The van der Waals surface area contributed by atoms with Crippen LogP contribution in [0.2, 0.25) is 0 Å². The van der Waals surface area contributed by atoms with Gasteiger partial charge in [-0.3, -0.25) is 4.79 Å². The number of aryl methyl sites for hydroxylation is 2. The number of ether oxygens (including phenoxy) is 2. The fourth-order valence-electron chi connectivity index (χ4n) is 5.34. The minimum atomic E-state index is -0.0154. The third-order valence-electron chi connectivity index (χ3n) is 7.17. The van der Waals surface area contributed by atoms with E-state index in [4.69, 9.17) is 9.47 Å². The van der Waals surface area contributed by atoms with Gasteiger partial charge in [-0.15, -0.1) is 11.3 Å². The number of amides is 1. The highest BCUT2D eigenvalue weighted by molar-refractivity contribution is 7.10. The Labute approximate surface area is 210 Å². The lowest BCUT2D eigenvalue weighted by molar-refractivity contribution is 0.0666. The van der Waals surface area contributed by atoms with Gasteiger partial charge in [0.1, 0.15) is 0 Å². The molecule has 3 heterocycles. The summed E-state index contributed by atoms with van der Waals surface area (Å²) in [6.45, 7) is 5.88. The number of rotatable bonds is 7. The molecule has 182 valence electrons. The van der Waals surface area contributed by atoms with Gasteiger partial charge in [0.25, 0.3) is 5.91 Å². The highest BCUT2D eigenvalue weighted by Gasteiger charge is 2.35. The Morgan fingerprint density at radius 3 is 2.63 bits per heavy atom. The van der Waals surface area contributed by atoms with Gasteiger partial charge in [-0.05, 0) is 66.5 Å². The Bertz CT molecular complexity index is 1370. The van der Waals surface area contributed by atoms with Crippen molar-refractivity contribution in [2.75, 3.05) is 20.8 Å². The summed E-state index contributed by atoms with van der Waals surface area (Å²) in [7, 11) is 3.31. The van der Waals surface area contributed by atoms with Crippen LogP contribution in [0.5, 0.6) is 11.5 Å². The van der Waals surface area contributed by atoms with Crippen molar-refractivity contribution in [1.82, 2.24) is 9.47 Å². The zero-order chi connectivity index (χ0) is 24.5. The molecular formula is C29H32N2O3S. The number of hydrogen-bond donors (Lipinski definition) is 0. The van der Waals surface area contributed by atoms with Crippen LogP contribution >= 0.6 is 11.3 Å². The van der Waals surface area contributed by atoms with E-state index in [0.29, 0.717) is 11.5 Å². The van der Waals surface area contributed by atoms with E-state index < -0.39 is 0 Å². The summed E-state index contributed by atoms with van der Waals surface area (Å²) in [6.07, 6.45) is 4.69. The number of fused-ring (bicyclic) bond motifs is 2. The summed E-state index contributed by atoms with van der Waals surface area (Å²) in [6, 6.07) is 14.3. The van der Waals surface area contributed by atoms with Crippen LogP contribution < -0.4 is 9.47 Å². The third kappa shape index (κ3) is 4.10. The predicted octanol–water partition coefficient (Wildman–Crippen LogP) is 6.28. The van der Waals surface area contributed by atoms with Gasteiger partial charge < -0.3 is 18.9 Å². The summed E-state index contributed by atoms with van der Waals surface area (Å²) < 4.78 is 13.2. The number of thiophene rings is 1. The lowest BCUT2D eigenvalue weighted by atomic mass is 9.92. The molecule has 0 aliphatic carbocycles. The van der Waals surface area contributed by atoms with Crippen LogP contribution in [0.25, 0.3) is 10.9 Å². The highest BCUT2D eigenvalue weighted by atomic mass is 32.1. The smallest absolute Gasteiger partial charge is 0.256 e. The van der Waals surface area contributed by atoms with Crippen LogP contribution in [0.4, 0.5) is 0 Å². The van der Waals surface area contributed by atoms with Crippen molar-refractivity contribution in [1.29, 1.82) is 0 Å². The molecule has 0 N–H and O–H groups in total. The van der Waals surface area contributed by atoms with Gasteiger partial charge in [0.2, 0.25) is 0 Å². The van der Waals surface area contributed by atoms with Crippen LogP contribution in [0.1, 0.15) is 51.8 Å². The largest absolute Gasteiger partial charge is 0.493 e. The standard InChI is InChI=1S/C29H32N2O3S/c1-5-20-18-35-28-21(20)13-14-31(25(28)15-19-11-12-26(33-3)27(16-19)34-4)29(32)23-17-30(6-2)24-10-8-7-9-22(23)24/h7-12,16-18,25H,5-6,13-15H2,1-4H3. The normalized spacial score (nSPS) is 15.3. The summed E-state index contributed by atoms with van der Waals surface area (Å²) in [5.41, 5.74) is 5.87. The van der Waals surface area contributed by atoms with Crippen molar-refractivity contribution in [2.24, 2.45) is 0 Å². The van der Waals surface area contributed by atoms with Crippen LogP contribution in [-0.2, 0) is 25.8 Å². The molecule has 0 saturated carbocycles. The summed E-state index contributed by atoms with van der Waals surface area (Å²) >= 11 is 1.80. The first-order chi connectivity index (χ1) is 17.1. The van der Waals surface area contributed by atoms with Crippen molar-refractivity contribution in [3.05, 3.63) is 81.2 Å². The minimum Gasteiger partial charge on any atom is -0.493 e. The molecule has 5 nitrogen and oxygen atoms in total. The monoisotopic (exact) mass is 488 g/mol. The van der Waals surface area contributed by atoms with Gasteiger partial charge >= 0.3 is 0 Å². The maximum absolute atomic E-state index is 14.1. The molecule has 1 aliphatic rings. The van der Waals surface area contributed by atoms with Crippen molar-refractivity contribution in [2.45, 2.75) is 45.7 Å². The Morgan fingerprint density at radius 1 is 1.09 bits per heavy atom. The molecule has 0 saturated heterocycles. The molecule has 5 rings (SSSR count). The molecule has 1 aliphatic heterocycles. The summed E-state index contributed by atoms with van der Waals surface area (Å²) in [5, 5.41) is 3.30. The zero-order valence-electron chi connectivity index (χ0n) is 20.8. The van der Waals surface area contributed by atoms with Gasteiger partial charge in [-0.1, -0.05) is 31.2 Å². The first kappa shape index (κ1) is 23.5. The number of benzene rings is 2. The highest BCUT2D eigenvalue weighted by Crippen LogP contribution is 2.41. The van der Waals surface area contributed by atoms with Crippen LogP contribution in [0, 0.1) is 0 Å². The van der Waals surface area contributed by atoms with E-state index in [0.717, 1.165) is 54.4 Å². The van der Waals surface area contributed by atoms with E-state index in [9.17, 15) is 4.79 Å². The third-order valence-corrected chi connectivity index (χ3v) is 8.35. The average molecular weight is 489 g/mol. The Kier molecular flexibility index (Phi) is 6.56. The van der Waals surface area contributed by atoms with Crippen molar-refractivity contribution < 1.29 is 14.3 Å². The first-order valence-corrected chi connectivity index (χ1v) is 13.2. The van der Waals surface area contributed by atoms with Crippen molar-refractivity contribution in [3.8, 4) is 11.5 Å². The van der Waals surface area contributed by atoms with Crippen LogP contribution in [0.15, 0.2) is 54.0 Å². The lowest BCUT2D eigenvalue weighted by Gasteiger charge is -2.36. The van der Waals surface area contributed by atoms with Gasteiger partial charge in [0, 0.05) is 35.1 Å². The second kappa shape index (κ2) is 9.78. The van der Waals surface area contributed by atoms with E-state index in [-0.39, 0.29) is 11.9 Å². The number of carbonyl (C=O) groups is 1. The molecular weight excluding hydrogens is 456 g/mol. The van der Waals surface area contributed by atoms with E-state index >= 15 is 0 Å². The second-order valence-corrected chi connectivity index (χ2v) is 9.87. The number of nitrogens with zero attached hydrogens (tertiary/aromatic N) is 2. The molecule has 0 fully saturated rings. The summed E-state index contributed by atoms with van der Waals surface area (Å²) in [4.78, 5) is 17.5. The molecule has 2 aromatic heterocycles. The van der Waals surface area contributed by atoms with Crippen molar-refractivity contribution >= 4 is 28.1 Å². The average Bonchev–Trinajstić information content (AvgIpc) is 3.50. The molecule has 1 unspecified atom stereocenters. The number of aromatic nitrogens is 1. The molecule has 1 amide bonds. The maximum atomic E-state index is 14.1. The van der Waals surface area contributed by atoms with Crippen LogP contribution in [0.3, 0.4) is 0 Å². The number of carbonyl (C=O) groups excluding carboxylic acids is 1. The van der Waals surface area contributed by atoms with E-state index in [1.165, 1.54) is 16.0 Å². The van der Waals surface area contributed by atoms with Gasteiger partial charge in [0.15, 0.2) is 11.5 Å². The molecule has 0 spiro atoms. The Balaban J connectivity index is 1.57. The lowest BCUT2D eigenvalue weighted by Crippen LogP contribution is -2.40. The maximum Gasteiger partial charge on any atom is 0.256 e. The Morgan fingerprint density at radius 2 is 1.89 bits per heavy atom.